The SMILES string of the molecule is CCN(CC)C1CCN(C(=O)NC2CCN(Cc3ccc(C)cc3)C2)C1. The number of nitrogens with one attached hydrogen (secondary N) is 1. The number of amides is 2. The molecule has 2 amide bonds. The number of urea groups is 1. The molecule has 2 heterocycles. The van der Waals surface area contributed by atoms with Crippen molar-refractivity contribution in [1.82, 2.24) is 20.0 Å². The summed E-state index contributed by atoms with van der Waals surface area (Å²) in [4.78, 5) is 19.5. The Morgan fingerprint density at radius 2 is 1.85 bits per heavy atom. The second-order valence-corrected chi connectivity index (χ2v) is 7.77. The summed E-state index contributed by atoms with van der Waals surface area (Å²) < 4.78 is 0. The molecule has 0 radical (unpaired) electrons. The average Bonchev–Trinajstić information content (AvgIpc) is 3.28. The molecule has 0 saturated carbocycles. The van der Waals surface area contributed by atoms with E-state index >= 15 is 0 Å². The van der Waals surface area contributed by atoms with Gasteiger partial charge in [0, 0.05) is 44.8 Å². The summed E-state index contributed by atoms with van der Waals surface area (Å²) in [6.45, 7) is 13.4. The minimum Gasteiger partial charge on any atom is -0.334 e. The molecule has 2 aliphatic heterocycles. The monoisotopic (exact) mass is 358 g/mol. The third-order valence-electron chi connectivity index (χ3n) is 5.91. The van der Waals surface area contributed by atoms with Gasteiger partial charge in [0.1, 0.15) is 0 Å². The molecule has 2 aliphatic rings. The minimum atomic E-state index is 0.127. The van der Waals surface area contributed by atoms with Crippen molar-refractivity contribution in [3.8, 4) is 0 Å². The van der Waals surface area contributed by atoms with Crippen LogP contribution in [-0.2, 0) is 6.54 Å². The van der Waals surface area contributed by atoms with E-state index in [9.17, 15) is 4.79 Å². The lowest BCUT2D eigenvalue weighted by atomic mass is 10.1. The Morgan fingerprint density at radius 1 is 1.12 bits per heavy atom. The van der Waals surface area contributed by atoms with Gasteiger partial charge in [0.2, 0.25) is 0 Å². The number of likely N-dealkylation sites (tertiary alicyclic amines) is 2. The highest BCUT2D eigenvalue weighted by Gasteiger charge is 2.31. The summed E-state index contributed by atoms with van der Waals surface area (Å²) in [6.07, 6.45) is 2.14. The lowest BCUT2D eigenvalue weighted by molar-refractivity contribution is 0.189. The second kappa shape index (κ2) is 8.87. The molecule has 5 heteroatoms. The van der Waals surface area contributed by atoms with E-state index in [0.29, 0.717) is 6.04 Å². The fraction of sp³-hybridized carbons (Fsp3) is 0.667. The Hall–Kier alpha value is -1.59. The Labute approximate surface area is 158 Å². The minimum absolute atomic E-state index is 0.127. The molecule has 0 bridgehead atoms. The van der Waals surface area contributed by atoms with Crippen molar-refractivity contribution >= 4 is 6.03 Å². The van der Waals surface area contributed by atoms with Gasteiger partial charge in [0.25, 0.3) is 0 Å². The molecule has 26 heavy (non-hydrogen) atoms. The molecular weight excluding hydrogens is 324 g/mol. The molecule has 2 fully saturated rings. The fourth-order valence-corrected chi connectivity index (χ4v) is 4.28. The van der Waals surface area contributed by atoms with Crippen molar-refractivity contribution in [1.29, 1.82) is 0 Å². The van der Waals surface area contributed by atoms with Crippen molar-refractivity contribution in [2.24, 2.45) is 0 Å². The van der Waals surface area contributed by atoms with Crippen molar-refractivity contribution in [3.63, 3.8) is 0 Å². The van der Waals surface area contributed by atoms with Crippen LogP contribution >= 0.6 is 0 Å². The van der Waals surface area contributed by atoms with Crippen LogP contribution in [0.3, 0.4) is 0 Å². The largest absolute Gasteiger partial charge is 0.334 e. The summed E-state index contributed by atoms with van der Waals surface area (Å²) in [7, 11) is 0. The van der Waals surface area contributed by atoms with Crippen molar-refractivity contribution in [2.75, 3.05) is 39.3 Å². The third kappa shape index (κ3) is 4.77. The van der Waals surface area contributed by atoms with Crippen molar-refractivity contribution < 1.29 is 4.79 Å². The number of likely N-dealkylation sites (N-methyl/N-ethyl adjacent to an activating group) is 1. The third-order valence-corrected chi connectivity index (χ3v) is 5.91. The average molecular weight is 359 g/mol. The molecule has 0 spiro atoms. The molecule has 0 aliphatic carbocycles. The van der Waals surface area contributed by atoms with Gasteiger partial charge in [-0.05, 0) is 38.4 Å². The molecule has 1 aromatic carbocycles. The highest BCUT2D eigenvalue weighted by molar-refractivity contribution is 5.75. The Kier molecular flexibility index (Phi) is 6.54. The molecule has 2 atom stereocenters. The van der Waals surface area contributed by atoms with Crippen LogP contribution < -0.4 is 5.32 Å². The maximum atomic E-state index is 12.6. The van der Waals surface area contributed by atoms with E-state index in [1.807, 2.05) is 4.90 Å². The van der Waals surface area contributed by atoms with Gasteiger partial charge in [-0.2, -0.15) is 0 Å². The maximum Gasteiger partial charge on any atom is 0.317 e. The first kappa shape index (κ1) is 19.2. The zero-order valence-electron chi connectivity index (χ0n) is 16.6. The molecule has 3 rings (SSSR count). The number of carbonyl (C=O) groups is 1. The molecule has 144 valence electrons. The van der Waals surface area contributed by atoms with Crippen LogP contribution in [0.4, 0.5) is 4.79 Å². The molecule has 5 nitrogen and oxygen atoms in total. The van der Waals surface area contributed by atoms with Crippen LogP contribution in [0.5, 0.6) is 0 Å². The summed E-state index contributed by atoms with van der Waals surface area (Å²) in [5, 5.41) is 3.27. The molecule has 2 saturated heterocycles. The standard InChI is InChI=1S/C21H34N4O/c1-4-24(5-2)20-11-13-25(16-20)21(26)22-19-10-12-23(15-19)14-18-8-6-17(3)7-9-18/h6-9,19-20H,4-5,10-16H2,1-3H3,(H,22,26). The number of hydrogen-bond donors (Lipinski definition) is 1. The van der Waals surface area contributed by atoms with Gasteiger partial charge in [-0.25, -0.2) is 4.79 Å². The second-order valence-electron chi connectivity index (χ2n) is 7.77. The van der Waals surface area contributed by atoms with E-state index in [0.717, 1.165) is 58.7 Å². The van der Waals surface area contributed by atoms with Crippen LogP contribution in [0, 0.1) is 6.92 Å². The van der Waals surface area contributed by atoms with Crippen molar-refractivity contribution in [3.05, 3.63) is 35.4 Å². The Balaban J connectivity index is 1.43. The zero-order chi connectivity index (χ0) is 18.5. The van der Waals surface area contributed by atoms with Gasteiger partial charge in [0.05, 0.1) is 0 Å². The zero-order valence-corrected chi connectivity index (χ0v) is 16.6. The van der Waals surface area contributed by atoms with Crippen LogP contribution in [0.1, 0.15) is 37.8 Å². The summed E-state index contributed by atoms with van der Waals surface area (Å²) in [6, 6.07) is 9.69. The van der Waals surface area contributed by atoms with E-state index in [2.05, 4.69) is 60.2 Å². The first-order valence-electron chi connectivity index (χ1n) is 10.2. The van der Waals surface area contributed by atoms with E-state index in [1.165, 1.54) is 11.1 Å². The highest BCUT2D eigenvalue weighted by Crippen LogP contribution is 2.17. The van der Waals surface area contributed by atoms with Crippen LogP contribution in [0.2, 0.25) is 0 Å². The molecular formula is C21H34N4O. The summed E-state index contributed by atoms with van der Waals surface area (Å²) in [5.41, 5.74) is 2.65. The first-order chi connectivity index (χ1) is 12.6. The summed E-state index contributed by atoms with van der Waals surface area (Å²) >= 11 is 0. The molecule has 1 N–H and O–H groups in total. The first-order valence-corrected chi connectivity index (χ1v) is 10.2. The predicted molar refractivity (Wildman–Crippen MR) is 106 cm³/mol. The topological polar surface area (TPSA) is 38.8 Å². The van der Waals surface area contributed by atoms with E-state index in [4.69, 9.17) is 0 Å². The Bertz CT molecular complexity index is 584. The van der Waals surface area contributed by atoms with Gasteiger partial charge in [-0.3, -0.25) is 9.80 Å². The number of carbonyl (C=O) groups excluding carboxylic acids is 1. The van der Waals surface area contributed by atoms with Gasteiger partial charge < -0.3 is 10.2 Å². The fourth-order valence-electron chi connectivity index (χ4n) is 4.28. The predicted octanol–water partition coefficient (Wildman–Crippen LogP) is 2.70. The number of benzene rings is 1. The van der Waals surface area contributed by atoms with Gasteiger partial charge in [0.15, 0.2) is 0 Å². The Morgan fingerprint density at radius 3 is 2.54 bits per heavy atom. The molecule has 1 aromatic rings. The van der Waals surface area contributed by atoms with E-state index < -0.39 is 0 Å². The number of nitrogens with zero attached hydrogens (tertiary/aromatic N) is 3. The number of hydrogen-bond acceptors (Lipinski definition) is 3. The number of aryl methyl sites for hydroxylation is 1. The van der Waals surface area contributed by atoms with E-state index in [-0.39, 0.29) is 12.1 Å². The van der Waals surface area contributed by atoms with Crippen molar-refractivity contribution in [2.45, 2.75) is 52.2 Å². The van der Waals surface area contributed by atoms with Gasteiger partial charge in [-0.1, -0.05) is 43.7 Å². The highest BCUT2D eigenvalue weighted by atomic mass is 16.2. The quantitative estimate of drug-likeness (QED) is 0.850. The smallest absolute Gasteiger partial charge is 0.317 e. The molecule has 0 aromatic heterocycles. The van der Waals surface area contributed by atoms with Crippen LogP contribution in [-0.4, -0.2) is 72.1 Å². The lowest BCUT2D eigenvalue weighted by Gasteiger charge is -2.26. The molecule has 2 unspecified atom stereocenters. The van der Waals surface area contributed by atoms with Gasteiger partial charge in [-0.15, -0.1) is 0 Å². The van der Waals surface area contributed by atoms with Gasteiger partial charge >= 0.3 is 6.03 Å². The lowest BCUT2D eigenvalue weighted by Crippen LogP contribution is -2.46. The summed E-state index contributed by atoms with van der Waals surface area (Å²) in [5.74, 6) is 0. The number of rotatable bonds is 6. The van der Waals surface area contributed by atoms with E-state index in [1.54, 1.807) is 0 Å². The normalized spacial score (nSPS) is 23.8. The van der Waals surface area contributed by atoms with Crippen LogP contribution in [0.15, 0.2) is 24.3 Å². The van der Waals surface area contributed by atoms with Crippen LogP contribution in [0.25, 0.3) is 0 Å². The maximum absolute atomic E-state index is 12.6.